The Balaban J connectivity index is 1.70. The Kier molecular flexibility index (Phi) is 5.09. The molecule has 10 heteroatoms. The van der Waals surface area contributed by atoms with Crippen LogP contribution in [0.3, 0.4) is 0 Å². The van der Waals surface area contributed by atoms with Gasteiger partial charge in [-0.2, -0.15) is 23.4 Å². The molecule has 2 aromatic heterocycles. The van der Waals surface area contributed by atoms with Crippen LogP contribution >= 0.6 is 0 Å². The highest BCUT2D eigenvalue weighted by Crippen LogP contribution is 2.48. The highest BCUT2D eigenvalue weighted by Gasteiger charge is 2.53. The van der Waals surface area contributed by atoms with Crippen molar-refractivity contribution in [1.82, 2.24) is 19.6 Å². The van der Waals surface area contributed by atoms with Crippen molar-refractivity contribution in [3.05, 3.63) is 77.6 Å². The summed E-state index contributed by atoms with van der Waals surface area (Å²) in [5.74, 6) is 0. The summed E-state index contributed by atoms with van der Waals surface area (Å²) in [6, 6.07) is 17.9. The second-order valence-corrected chi connectivity index (χ2v) is 15.2. The van der Waals surface area contributed by atoms with Crippen LogP contribution in [-0.2, 0) is 27.9 Å². The standard InChI is InChI=1S/C26H25F3N4O2Si/c1-36(2,3)24-20(23(26(27,28)29)33(31-24)18-12-8-5-9-13-18)21-19-14-35-25(15-34-16-25)22(19)32(30-21)17-10-6-4-7-11-17/h4-13H,14-16H2,1-3H3. The summed E-state index contributed by atoms with van der Waals surface area (Å²) in [6.45, 7) is 6.85. The van der Waals surface area contributed by atoms with E-state index in [0.29, 0.717) is 29.8 Å². The predicted octanol–water partition coefficient (Wildman–Crippen LogP) is 5.04. The lowest BCUT2D eigenvalue weighted by Gasteiger charge is -2.37. The second kappa shape index (κ2) is 7.89. The normalized spacial score (nSPS) is 16.8. The summed E-state index contributed by atoms with van der Waals surface area (Å²) >= 11 is 0. The molecule has 1 spiro atoms. The molecule has 0 radical (unpaired) electrons. The number of rotatable bonds is 4. The van der Waals surface area contributed by atoms with Gasteiger partial charge in [0.1, 0.15) is 13.8 Å². The molecular formula is C26H25F3N4O2Si. The zero-order chi connectivity index (χ0) is 25.3. The van der Waals surface area contributed by atoms with Gasteiger partial charge >= 0.3 is 6.18 Å². The van der Waals surface area contributed by atoms with E-state index >= 15 is 0 Å². The molecule has 2 aromatic carbocycles. The number of benzene rings is 2. The molecular weight excluding hydrogens is 485 g/mol. The minimum atomic E-state index is -4.66. The average Bonchev–Trinajstić information content (AvgIpc) is 3.50. The molecule has 0 N–H and O–H groups in total. The molecule has 36 heavy (non-hydrogen) atoms. The minimum Gasteiger partial charge on any atom is -0.374 e. The summed E-state index contributed by atoms with van der Waals surface area (Å²) in [5.41, 5.74) is 1.37. The number of nitrogens with zero attached hydrogens (tertiary/aromatic N) is 4. The van der Waals surface area contributed by atoms with Gasteiger partial charge in [-0.1, -0.05) is 56.0 Å². The summed E-state index contributed by atoms with van der Waals surface area (Å²) in [4.78, 5) is 0. The molecule has 6 nitrogen and oxygen atoms in total. The van der Waals surface area contributed by atoms with Gasteiger partial charge in [0.05, 0.1) is 47.8 Å². The van der Waals surface area contributed by atoms with Crippen LogP contribution in [0.15, 0.2) is 60.7 Å². The number of para-hydroxylation sites is 2. The van der Waals surface area contributed by atoms with Crippen molar-refractivity contribution in [3.63, 3.8) is 0 Å². The first-order chi connectivity index (χ1) is 17.1. The van der Waals surface area contributed by atoms with Crippen LogP contribution < -0.4 is 5.32 Å². The smallest absolute Gasteiger partial charge is 0.374 e. The molecule has 1 fully saturated rings. The van der Waals surface area contributed by atoms with Crippen molar-refractivity contribution in [2.45, 2.75) is 38.0 Å². The number of aromatic nitrogens is 4. The van der Waals surface area contributed by atoms with E-state index in [2.05, 4.69) is 5.10 Å². The van der Waals surface area contributed by atoms with Crippen molar-refractivity contribution in [2.24, 2.45) is 0 Å². The van der Waals surface area contributed by atoms with Gasteiger partial charge in [0, 0.05) is 5.56 Å². The van der Waals surface area contributed by atoms with Crippen LogP contribution in [0, 0.1) is 0 Å². The third-order valence-corrected chi connectivity index (χ3v) is 8.45. The van der Waals surface area contributed by atoms with E-state index in [0.717, 1.165) is 16.1 Å². The van der Waals surface area contributed by atoms with Crippen LogP contribution in [-0.4, -0.2) is 40.8 Å². The fourth-order valence-corrected chi connectivity index (χ4v) is 6.37. The monoisotopic (exact) mass is 510 g/mol. The Morgan fingerprint density at radius 3 is 1.94 bits per heavy atom. The number of alkyl halides is 3. The van der Waals surface area contributed by atoms with Crippen LogP contribution in [0.4, 0.5) is 13.2 Å². The molecule has 4 aromatic rings. The highest BCUT2D eigenvalue weighted by atomic mass is 28.3. The molecule has 2 aliphatic heterocycles. The summed E-state index contributed by atoms with van der Waals surface area (Å²) in [7, 11) is -2.36. The van der Waals surface area contributed by atoms with E-state index in [-0.39, 0.29) is 17.9 Å². The van der Waals surface area contributed by atoms with E-state index in [1.54, 1.807) is 35.0 Å². The molecule has 6 rings (SSSR count). The van der Waals surface area contributed by atoms with Crippen LogP contribution in [0.2, 0.25) is 19.6 Å². The van der Waals surface area contributed by atoms with Gasteiger partial charge in [0.2, 0.25) is 0 Å². The lowest BCUT2D eigenvalue weighted by Crippen LogP contribution is -2.47. The topological polar surface area (TPSA) is 54.1 Å². The predicted molar refractivity (Wildman–Crippen MR) is 131 cm³/mol. The van der Waals surface area contributed by atoms with E-state index in [4.69, 9.17) is 14.6 Å². The second-order valence-electron chi connectivity index (χ2n) is 10.3. The lowest BCUT2D eigenvalue weighted by atomic mass is 9.95. The van der Waals surface area contributed by atoms with E-state index in [1.165, 1.54) is 0 Å². The van der Waals surface area contributed by atoms with Crippen molar-refractivity contribution < 1.29 is 22.6 Å². The molecule has 0 bridgehead atoms. The van der Waals surface area contributed by atoms with Crippen molar-refractivity contribution in [3.8, 4) is 22.6 Å². The van der Waals surface area contributed by atoms with Gasteiger partial charge in [-0.3, -0.25) is 0 Å². The first-order valence-corrected chi connectivity index (χ1v) is 15.3. The third kappa shape index (κ3) is 3.47. The Labute approximate surface area is 207 Å². The number of hydrogen-bond acceptors (Lipinski definition) is 4. The molecule has 1 saturated heterocycles. The van der Waals surface area contributed by atoms with Crippen molar-refractivity contribution in [1.29, 1.82) is 0 Å². The zero-order valence-corrected chi connectivity index (χ0v) is 21.1. The number of ether oxygens (including phenoxy) is 2. The Hall–Kier alpha value is -3.21. The zero-order valence-electron chi connectivity index (χ0n) is 20.1. The fraction of sp³-hybridized carbons (Fsp3) is 0.308. The molecule has 186 valence electrons. The Morgan fingerprint density at radius 2 is 1.44 bits per heavy atom. The molecule has 0 amide bonds. The van der Waals surface area contributed by atoms with Gasteiger partial charge in [-0.05, 0) is 24.3 Å². The molecule has 0 unspecified atom stereocenters. The first kappa shape index (κ1) is 23.2. The van der Waals surface area contributed by atoms with Gasteiger partial charge in [-0.25, -0.2) is 9.36 Å². The van der Waals surface area contributed by atoms with Gasteiger partial charge < -0.3 is 9.47 Å². The Morgan fingerprint density at radius 1 is 0.861 bits per heavy atom. The van der Waals surface area contributed by atoms with E-state index < -0.39 is 25.5 Å². The van der Waals surface area contributed by atoms with Crippen LogP contribution in [0.1, 0.15) is 17.0 Å². The fourth-order valence-electron chi connectivity index (χ4n) is 4.98. The molecule has 0 aliphatic carbocycles. The first-order valence-electron chi connectivity index (χ1n) is 11.8. The quantitative estimate of drug-likeness (QED) is 0.361. The summed E-state index contributed by atoms with van der Waals surface area (Å²) in [5, 5.41) is 9.93. The maximum atomic E-state index is 14.9. The molecule has 2 aliphatic rings. The van der Waals surface area contributed by atoms with E-state index in [9.17, 15) is 13.2 Å². The average molecular weight is 511 g/mol. The number of halogens is 3. The highest BCUT2D eigenvalue weighted by molar-refractivity contribution is 6.89. The van der Waals surface area contributed by atoms with Crippen molar-refractivity contribution >= 4 is 13.4 Å². The minimum absolute atomic E-state index is 0.0531. The lowest BCUT2D eigenvalue weighted by molar-refractivity contribution is -0.212. The maximum absolute atomic E-state index is 14.9. The molecule has 4 heterocycles. The van der Waals surface area contributed by atoms with Crippen LogP contribution in [0.5, 0.6) is 0 Å². The molecule has 0 atom stereocenters. The maximum Gasteiger partial charge on any atom is 0.434 e. The van der Waals surface area contributed by atoms with Crippen molar-refractivity contribution in [2.75, 3.05) is 13.2 Å². The third-order valence-electron chi connectivity index (χ3n) is 6.68. The number of fused-ring (bicyclic) bond motifs is 2. The van der Waals surface area contributed by atoms with Crippen LogP contribution in [0.25, 0.3) is 22.6 Å². The summed E-state index contributed by atoms with van der Waals surface area (Å²) in [6.07, 6.45) is -4.66. The molecule has 0 saturated carbocycles. The van der Waals surface area contributed by atoms with Gasteiger partial charge in [0.25, 0.3) is 0 Å². The SMILES string of the molecule is C[Si](C)(C)c1nn(-c2ccccc2)c(C(F)(F)F)c1-c1nn(-c2ccccc2)c2c1COC21COC1. The number of hydrogen-bond donors (Lipinski definition) is 0. The summed E-state index contributed by atoms with van der Waals surface area (Å²) < 4.78 is 59.0. The Bertz CT molecular complexity index is 1440. The largest absolute Gasteiger partial charge is 0.434 e. The van der Waals surface area contributed by atoms with Gasteiger partial charge in [0.15, 0.2) is 11.3 Å². The van der Waals surface area contributed by atoms with E-state index in [1.807, 2.05) is 50.0 Å². The van der Waals surface area contributed by atoms with Gasteiger partial charge in [-0.15, -0.1) is 0 Å².